The molecular formula is C29H17NS. The Balaban J connectivity index is 1.54. The van der Waals surface area contributed by atoms with Crippen LogP contribution in [-0.4, -0.2) is 4.98 Å². The van der Waals surface area contributed by atoms with E-state index in [-0.39, 0.29) is 0 Å². The van der Waals surface area contributed by atoms with Gasteiger partial charge in [0.05, 0.1) is 0 Å². The van der Waals surface area contributed by atoms with Crippen molar-refractivity contribution in [1.29, 1.82) is 0 Å². The van der Waals surface area contributed by atoms with Crippen molar-refractivity contribution in [2.75, 3.05) is 0 Å². The maximum Gasteiger partial charge on any atom is 0.0355 e. The van der Waals surface area contributed by atoms with E-state index in [9.17, 15) is 0 Å². The highest BCUT2D eigenvalue weighted by Crippen LogP contribution is 2.39. The number of hydrogen-bond acceptors (Lipinski definition) is 2. The lowest BCUT2D eigenvalue weighted by molar-refractivity contribution is 1.37. The van der Waals surface area contributed by atoms with Crippen LogP contribution in [0.5, 0.6) is 0 Å². The summed E-state index contributed by atoms with van der Waals surface area (Å²) >= 11 is 1.86. The van der Waals surface area contributed by atoms with Gasteiger partial charge in [-0.3, -0.25) is 4.98 Å². The fourth-order valence-electron chi connectivity index (χ4n) is 4.88. The first kappa shape index (κ1) is 17.0. The summed E-state index contributed by atoms with van der Waals surface area (Å²) in [5, 5.41) is 10.3. The third-order valence-electron chi connectivity index (χ3n) is 6.35. The SMILES string of the molecule is c1ccc2c(c1)sc1ccc(-c3ccc4c5cnccc5c5ccccc5c4c3)cc12. The zero-order chi connectivity index (χ0) is 20.4. The molecule has 1 nitrogen and oxygen atoms in total. The van der Waals surface area contributed by atoms with Crippen LogP contribution in [0.3, 0.4) is 0 Å². The molecule has 0 atom stereocenters. The molecule has 2 heteroatoms. The second kappa shape index (κ2) is 6.37. The lowest BCUT2D eigenvalue weighted by Crippen LogP contribution is -1.85. The van der Waals surface area contributed by atoms with Gasteiger partial charge in [-0.25, -0.2) is 0 Å². The van der Waals surface area contributed by atoms with Crippen molar-refractivity contribution in [1.82, 2.24) is 4.98 Å². The summed E-state index contributed by atoms with van der Waals surface area (Å²) in [6.45, 7) is 0. The average Bonchev–Trinajstić information content (AvgIpc) is 3.22. The highest BCUT2D eigenvalue weighted by molar-refractivity contribution is 7.25. The van der Waals surface area contributed by atoms with Gasteiger partial charge < -0.3 is 0 Å². The van der Waals surface area contributed by atoms with Crippen molar-refractivity contribution in [2.45, 2.75) is 0 Å². The van der Waals surface area contributed by atoms with E-state index in [4.69, 9.17) is 0 Å². The van der Waals surface area contributed by atoms with Crippen LogP contribution in [0.4, 0.5) is 0 Å². The van der Waals surface area contributed by atoms with Gasteiger partial charge in [-0.2, -0.15) is 0 Å². The summed E-state index contributed by atoms with van der Waals surface area (Å²) in [4.78, 5) is 4.41. The minimum atomic E-state index is 1.21. The Bertz CT molecular complexity index is 1760. The lowest BCUT2D eigenvalue weighted by Gasteiger charge is -2.11. The molecule has 0 fully saturated rings. The highest BCUT2D eigenvalue weighted by Gasteiger charge is 2.11. The Morgan fingerprint density at radius 1 is 0.452 bits per heavy atom. The van der Waals surface area contributed by atoms with Crippen molar-refractivity contribution in [3.63, 3.8) is 0 Å². The van der Waals surface area contributed by atoms with E-state index in [1.807, 2.05) is 23.7 Å². The molecule has 0 aliphatic rings. The van der Waals surface area contributed by atoms with E-state index in [2.05, 4.69) is 96.0 Å². The van der Waals surface area contributed by atoms with Crippen LogP contribution in [0.15, 0.2) is 103 Å². The predicted molar refractivity (Wildman–Crippen MR) is 135 cm³/mol. The van der Waals surface area contributed by atoms with Crippen molar-refractivity contribution >= 4 is 63.8 Å². The topological polar surface area (TPSA) is 12.9 Å². The zero-order valence-electron chi connectivity index (χ0n) is 16.7. The van der Waals surface area contributed by atoms with Gasteiger partial charge in [-0.15, -0.1) is 11.3 Å². The molecule has 0 unspecified atom stereocenters. The maximum atomic E-state index is 4.41. The number of aromatic nitrogens is 1. The largest absolute Gasteiger partial charge is 0.264 e. The summed E-state index contributed by atoms with van der Waals surface area (Å²) in [6.07, 6.45) is 3.88. The van der Waals surface area contributed by atoms with E-state index in [1.54, 1.807) is 0 Å². The van der Waals surface area contributed by atoms with Crippen molar-refractivity contribution in [3.05, 3.63) is 103 Å². The number of nitrogens with zero attached hydrogens (tertiary/aromatic N) is 1. The van der Waals surface area contributed by atoms with Gasteiger partial charge >= 0.3 is 0 Å². The van der Waals surface area contributed by atoms with Crippen molar-refractivity contribution in [3.8, 4) is 11.1 Å². The molecule has 0 radical (unpaired) electrons. The second-order valence-corrected chi connectivity index (χ2v) is 9.12. The molecule has 144 valence electrons. The van der Waals surface area contributed by atoms with Crippen molar-refractivity contribution in [2.24, 2.45) is 0 Å². The highest BCUT2D eigenvalue weighted by atomic mass is 32.1. The standard InChI is InChI=1S/C29H17NS/c1-2-6-21-20(5-1)23-13-14-30-17-27(23)22-11-9-18(15-25(21)22)19-10-12-29-26(16-19)24-7-3-4-8-28(24)31-29/h1-17H. The van der Waals surface area contributed by atoms with Gasteiger partial charge in [0, 0.05) is 38.0 Å². The normalized spacial score (nSPS) is 11.9. The molecule has 5 aromatic carbocycles. The van der Waals surface area contributed by atoms with E-state index < -0.39 is 0 Å². The van der Waals surface area contributed by atoms with Crippen molar-refractivity contribution < 1.29 is 0 Å². The van der Waals surface area contributed by atoms with E-state index in [0.29, 0.717) is 0 Å². The number of pyridine rings is 1. The first-order valence-electron chi connectivity index (χ1n) is 10.5. The summed E-state index contributed by atoms with van der Waals surface area (Å²) in [7, 11) is 0. The van der Waals surface area contributed by atoms with Crippen LogP contribution in [0.25, 0.3) is 63.6 Å². The fraction of sp³-hybridized carbons (Fsp3) is 0. The molecule has 0 N–H and O–H groups in total. The van der Waals surface area contributed by atoms with Crippen LogP contribution in [0.1, 0.15) is 0 Å². The summed E-state index contributed by atoms with van der Waals surface area (Å²) in [6, 6.07) is 33.2. The van der Waals surface area contributed by atoms with E-state index in [0.717, 1.165) is 0 Å². The zero-order valence-corrected chi connectivity index (χ0v) is 17.5. The maximum absolute atomic E-state index is 4.41. The minimum Gasteiger partial charge on any atom is -0.264 e. The third kappa shape index (κ3) is 2.46. The van der Waals surface area contributed by atoms with Crippen LogP contribution >= 0.6 is 11.3 Å². The molecule has 0 amide bonds. The Kier molecular flexibility index (Phi) is 3.49. The van der Waals surface area contributed by atoms with Crippen LogP contribution in [0, 0.1) is 0 Å². The molecule has 7 aromatic rings. The molecule has 0 saturated carbocycles. The molecule has 2 aromatic heterocycles. The molecule has 2 heterocycles. The number of rotatable bonds is 1. The van der Waals surface area contributed by atoms with E-state index in [1.165, 1.54) is 63.6 Å². The lowest BCUT2D eigenvalue weighted by atomic mass is 9.92. The number of thiophene rings is 1. The van der Waals surface area contributed by atoms with Gasteiger partial charge in [-0.1, -0.05) is 60.7 Å². The molecule has 0 aliphatic heterocycles. The molecule has 0 bridgehead atoms. The summed E-state index contributed by atoms with van der Waals surface area (Å²) < 4.78 is 2.69. The predicted octanol–water partition coefficient (Wildman–Crippen LogP) is 8.58. The Morgan fingerprint density at radius 2 is 1.06 bits per heavy atom. The van der Waals surface area contributed by atoms with Gasteiger partial charge in [-0.05, 0) is 68.4 Å². The second-order valence-electron chi connectivity index (χ2n) is 8.04. The number of benzene rings is 5. The van der Waals surface area contributed by atoms with Gasteiger partial charge in [0.2, 0.25) is 0 Å². The van der Waals surface area contributed by atoms with Gasteiger partial charge in [0.1, 0.15) is 0 Å². The monoisotopic (exact) mass is 411 g/mol. The summed E-state index contributed by atoms with van der Waals surface area (Å²) in [5.41, 5.74) is 2.51. The Hall–Kier alpha value is -3.75. The number of hydrogen-bond donors (Lipinski definition) is 0. The Morgan fingerprint density at radius 3 is 1.94 bits per heavy atom. The van der Waals surface area contributed by atoms with Gasteiger partial charge in [0.25, 0.3) is 0 Å². The number of fused-ring (bicyclic) bond motifs is 9. The molecule has 31 heavy (non-hydrogen) atoms. The molecule has 0 aliphatic carbocycles. The molecule has 0 saturated heterocycles. The van der Waals surface area contributed by atoms with Gasteiger partial charge in [0.15, 0.2) is 0 Å². The van der Waals surface area contributed by atoms with Crippen LogP contribution in [0.2, 0.25) is 0 Å². The average molecular weight is 412 g/mol. The summed E-state index contributed by atoms with van der Waals surface area (Å²) in [5.74, 6) is 0. The molecule has 0 spiro atoms. The third-order valence-corrected chi connectivity index (χ3v) is 7.50. The first-order valence-corrected chi connectivity index (χ1v) is 11.3. The van der Waals surface area contributed by atoms with E-state index >= 15 is 0 Å². The minimum absolute atomic E-state index is 1.21. The molecular weight excluding hydrogens is 394 g/mol. The molecule has 7 rings (SSSR count). The smallest absolute Gasteiger partial charge is 0.0355 e. The first-order chi connectivity index (χ1) is 15.4. The fourth-order valence-corrected chi connectivity index (χ4v) is 5.97. The Labute approximate surface area is 183 Å². The quantitative estimate of drug-likeness (QED) is 0.247. The van der Waals surface area contributed by atoms with Crippen LogP contribution in [-0.2, 0) is 0 Å². The van der Waals surface area contributed by atoms with Crippen LogP contribution < -0.4 is 0 Å².